The smallest absolute Gasteiger partial charge is 0.247 e. The Kier molecular flexibility index (Phi) is 4.16. The third-order valence-corrected chi connectivity index (χ3v) is 4.59. The van der Waals surface area contributed by atoms with Crippen LogP contribution in [0.15, 0.2) is 52.9 Å². The second-order valence-electron chi connectivity index (χ2n) is 6.38. The Morgan fingerprint density at radius 1 is 1.15 bits per heavy atom. The highest BCUT2D eigenvalue weighted by molar-refractivity contribution is 5.95. The molecule has 0 radical (unpaired) electrons. The molecule has 2 aromatic carbocycles. The summed E-state index contributed by atoms with van der Waals surface area (Å²) in [4.78, 5) is 12.5. The van der Waals surface area contributed by atoms with Crippen molar-refractivity contribution in [3.63, 3.8) is 0 Å². The Labute approximate surface area is 151 Å². The van der Waals surface area contributed by atoms with Crippen molar-refractivity contribution in [1.29, 1.82) is 0 Å². The molecule has 0 aliphatic heterocycles. The number of anilines is 1. The maximum Gasteiger partial charge on any atom is 0.247 e. The fraction of sp³-hybridized carbons (Fsp3) is 0.250. The number of nitrogens with one attached hydrogen (secondary N) is 1. The molecule has 0 bridgehead atoms. The van der Waals surface area contributed by atoms with Gasteiger partial charge in [-0.15, -0.1) is 10.2 Å². The van der Waals surface area contributed by atoms with E-state index in [9.17, 15) is 4.79 Å². The minimum absolute atomic E-state index is 0.0235. The fourth-order valence-corrected chi connectivity index (χ4v) is 3.15. The van der Waals surface area contributed by atoms with Crippen LogP contribution in [-0.2, 0) is 4.79 Å². The topological polar surface area (TPSA) is 77.2 Å². The van der Waals surface area contributed by atoms with Gasteiger partial charge in [0.25, 0.3) is 0 Å². The van der Waals surface area contributed by atoms with Crippen LogP contribution in [0.3, 0.4) is 0 Å². The minimum atomic E-state index is -0.0235. The summed E-state index contributed by atoms with van der Waals surface area (Å²) in [5, 5.41) is 10.8. The Morgan fingerprint density at radius 3 is 2.62 bits per heavy atom. The molecule has 1 aliphatic rings. The van der Waals surface area contributed by atoms with Crippen LogP contribution in [0, 0.1) is 12.8 Å². The normalized spacial score (nSPS) is 18.4. The van der Waals surface area contributed by atoms with Gasteiger partial charge in [-0.25, -0.2) is 0 Å². The van der Waals surface area contributed by atoms with Gasteiger partial charge in [-0.1, -0.05) is 18.2 Å². The van der Waals surface area contributed by atoms with E-state index < -0.39 is 0 Å². The van der Waals surface area contributed by atoms with E-state index in [0.29, 0.717) is 11.8 Å². The summed E-state index contributed by atoms with van der Waals surface area (Å²) >= 11 is 0. The first-order valence-corrected chi connectivity index (χ1v) is 8.50. The lowest BCUT2D eigenvalue weighted by molar-refractivity contribution is -0.117. The van der Waals surface area contributed by atoms with Crippen LogP contribution in [0.5, 0.6) is 5.75 Å². The average molecular weight is 349 g/mol. The molecule has 26 heavy (non-hydrogen) atoms. The van der Waals surface area contributed by atoms with E-state index in [-0.39, 0.29) is 17.7 Å². The third kappa shape index (κ3) is 3.18. The number of benzene rings is 2. The monoisotopic (exact) mass is 349 g/mol. The summed E-state index contributed by atoms with van der Waals surface area (Å²) in [5.74, 6) is 2.05. The number of amides is 1. The van der Waals surface area contributed by atoms with Crippen molar-refractivity contribution in [2.24, 2.45) is 5.92 Å². The molecular weight excluding hydrogens is 330 g/mol. The van der Waals surface area contributed by atoms with Crippen molar-refractivity contribution in [2.45, 2.75) is 19.3 Å². The van der Waals surface area contributed by atoms with E-state index in [1.165, 1.54) is 0 Å². The average Bonchev–Trinajstić information content (AvgIpc) is 3.36. The number of carbonyl (C=O) groups excluding carboxylic acids is 1. The number of ether oxygens (including phenoxy) is 1. The SMILES string of the molecule is COc1ccccc1C1CC1C(=O)Nc1ccc(-c2nnc(C)o2)cc1. The molecule has 2 atom stereocenters. The molecule has 3 aromatic rings. The first-order chi connectivity index (χ1) is 12.7. The molecule has 0 spiro atoms. The van der Waals surface area contributed by atoms with Gasteiger partial charge in [0.1, 0.15) is 5.75 Å². The predicted octanol–water partition coefficient (Wildman–Crippen LogP) is 3.80. The minimum Gasteiger partial charge on any atom is -0.496 e. The maximum absolute atomic E-state index is 12.5. The molecule has 1 N–H and O–H groups in total. The Bertz CT molecular complexity index is 933. The molecular formula is C20H19N3O3. The number of para-hydroxylation sites is 1. The van der Waals surface area contributed by atoms with Crippen molar-refractivity contribution >= 4 is 11.6 Å². The second-order valence-corrected chi connectivity index (χ2v) is 6.38. The number of hydrogen-bond donors (Lipinski definition) is 1. The molecule has 1 aromatic heterocycles. The van der Waals surface area contributed by atoms with Crippen LogP contribution < -0.4 is 10.1 Å². The molecule has 1 saturated carbocycles. The molecule has 6 heteroatoms. The van der Waals surface area contributed by atoms with Crippen molar-refractivity contribution in [3.05, 3.63) is 60.0 Å². The number of aryl methyl sites for hydroxylation is 1. The zero-order chi connectivity index (χ0) is 18.1. The number of rotatable bonds is 5. The van der Waals surface area contributed by atoms with Gasteiger partial charge in [0.15, 0.2) is 0 Å². The molecule has 1 heterocycles. The second kappa shape index (κ2) is 6.63. The summed E-state index contributed by atoms with van der Waals surface area (Å²) in [5.41, 5.74) is 2.67. The van der Waals surface area contributed by atoms with E-state index >= 15 is 0 Å². The lowest BCUT2D eigenvalue weighted by atomic mass is 10.1. The summed E-state index contributed by atoms with van der Waals surface area (Å²) in [6.07, 6.45) is 0.839. The summed E-state index contributed by atoms with van der Waals surface area (Å²) in [6.45, 7) is 1.75. The molecule has 1 fully saturated rings. The van der Waals surface area contributed by atoms with E-state index in [4.69, 9.17) is 9.15 Å². The van der Waals surface area contributed by atoms with Gasteiger partial charge in [-0.2, -0.15) is 0 Å². The molecule has 1 aliphatic carbocycles. The first-order valence-electron chi connectivity index (χ1n) is 8.50. The van der Waals surface area contributed by atoms with Crippen LogP contribution in [0.1, 0.15) is 23.8 Å². The van der Waals surface area contributed by atoms with Gasteiger partial charge in [0, 0.05) is 24.1 Å². The van der Waals surface area contributed by atoms with Crippen molar-refractivity contribution in [3.8, 4) is 17.2 Å². The van der Waals surface area contributed by atoms with Gasteiger partial charge in [0.2, 0.25) is 17.7 Å². The van der Waals surface area contributed by atoms with E-state index in [0.717, 1.165) is 29.0 Å². The van der Waals surface area contributed by atoms with Gasteiger partial charge in [-0.3, -0.25) is 4.79 Å². The van der Waals surface area contributed by atoms with Crippen LogP contribution in [0.25, 0.3) is 11.5 Å². The van der Waals surface area contributed by atoms with Crippen LogP contribution >= 0.6 is 0 Å². The highest BCUT2D eigenvalue weighted by Gasteiger charge is 2.45. The molecule has 0 saturated heterocycles. The number of methoxy groups -OCH3 is 1. The number of hydrogen-bond acceptors (Lipinski definition) is 5. The highest BCUT2D eigenvalue weighted by Crippen LogP contribution is 2.50. The lowest BCUT2D eigenvalue weighted by Crippen LogP contribution is -2.14. The van der Waals surface area contributed by atoms with Crippen molar-refractivity contribution in [1.82, 2.24) is 10.2 Å². The summed E-state index contributed by atoms with van der Waals surface area (Å²) < 4.78 is 10.8. The van der Waals surface area contributed by atoms with E-state index in [2.05, 4.69) is 15.5 Å². The predicted molar refractivity (Wildman–Crippen MR) is 96.9 cm³/mol. The number of aromatic nitrogens is 2. The molecule has 4 rings (SSSR count). The van der Waals surface area contributed by atoms with Crippen molar-refractivity contribution in [2.75, 3.05) is 12.4 Å². The molecule has 2 unspecified atom stereocenters. The number of carbonyl (C=O) groups is 1. The zero-order valence-corrected chi connectivity index (χ0v) is 14.6. The van der Waals surface area contributed by atoms with Crippen LogP contribution in [0.4, 0.5) is 5.69 Å². The zero-order valence-electron chi connectivity index (χ0n) is 14.6. The molecule has 132 valence electrons. The molecule has 6 nitrogen and oxygen atoms in total. The Morgan fingerprint density at radius 2 is 1.92 bits per heavy atom. The first kappa shape index (κ1) is 16.3. The number of nitrogens with zero attached hydrogens (tertiary/aromatic N) is 2. The van der Waals surface area contributed by atoms with E-state index in [1.54, 1.807) is 14.0 Å². The van der Waals surface area contributed by atoms with Gasteiger partial charge in [0.05, 0.1) is 7.11 Å². The van der Waals surface area contributed by atoms with Gasteiger partial charge < -0.3 is 14.5 Å². The standard InChI is InChI=1S/C20H19N3O3/c1-12-22-23-20(26-12)13-7-9-14(10-8-13)21-19(24)17-11-16(17)15-5-3-4-6-18(15)25-2/h3-10,16-17H,11H2,1-2H3,(H,21,24). The molecule has 1 amide bonds. The van der Waals surface area contributed by atoms with Gasteiger partial charge in [-0.05, 0) is 48.2 Å². The largest absolute Gasteiger partial charge is 0.496 e. The Balaban J connectivity index is 1.41. The van der Waals surface area contributed by atoms with E-state index in [1.807, 2.05) is 48.5 Å². The van der Waals surface area contributed by atoms with Crippen LogP contribution in [0.2, 0.25) is 0 Å². The van der Waals surface area contributed by atoms with Crippen LogP contribution in [-0.4, -0.2) is 23.2 Å². The van der Waals surface area contributed by atoms with Crippen molar-refractivity contribution < 1.29 is 13.9 Å². The third-order valence-electron chi connectivity index (χ3n) is 4.59. The highest BCUT2D eigenvalue weighted by atomic mass is 16.5. The van der Waals surface area contributed by atoms with Gasteiger partial charge >= 0.3 is 0 Å². The summed E-state index contributed by atoms with van der Waals surface area (Å²) in [6, 6.07) is 15.3. The Hall–Kier alpha value is -3.15. The summed E-state index contributed by atoms with van der Waals surface area (Å²) in [7, 11) is 1.66. The fourth-order valence-electron chi connectivity index (χ4n) is 3.15. The maximum atomic E-state index is 12.5. The lowest BCUT2D eigenvalue weighted by Gasteiger charge is -2.08. The quantitative estimate of drug-likeness (QED) is 0.758.